The first-order chi connectivity index (χ1) is 61.8. The zero-order chi connectivity index (χ0) is 88.1. The summed E-state index contributed by atoms with van der Waals surface area (Å²) in [4.78, 5) is 113. The Morgan fingerprint density at radius 3 is 1.12 bits per heavy atom. The number of benzene rings is 5. The van der Waals surface area contributed by atoms with E-state index in [1.165, 1.54) is 43.3 Å². The van der Waals surface area contributed by atoms with Gasteiger partial charge in [0, 0.05) is 133 Å². The number of nitrogens with one attached hydrogen (secondary N) is 4. The van der Waals surface area contributed by atoms with Crippen LogP contribution in [0, 0.1) is 27.7 Å². The lowest BCUT2D eigenvalue weighted by molar-refractivity contribution is -0.127. The van der Waals surface area contributed by atoms with E-state index < -0.39 is 0 Å². The smallest absolute Gasteiger partial charge is 0.246 e. The van der Waals surface area contributed by atoms with E-state index >= 15 is 0 Å². The van der Waals surface area contributed by atoms with Crippen molar-refractivity contribution in [1.29, 1.82) is 0 Å². The summed E-state index contributed by atoms with van der Waals surface area (Å²) < 4.78 is 25.0. The number of carbonyl (C=O) groups excluding carboxylic acids is 4. The van der Waals surface area contributed by atoms with Crippen LogP contribution in [-0.4, -0.2) is 244 Å². The number of ether oxygens (including phenoxy) is 4. The normalized spacial score (nSPS) is 14.2. The summed E-state index contributed by atoms with van der Waals surface area (Å²) in [7, 11) is 0. The number of halogens is 3. The SMILES string of the molecule is C=CC(=O)N1CCN(c2ncnc3c(Oc4c(C)ccc5[nH]ncc45)cccc23)CC1.C=CC(=O)N1CCN(c2ncnc3c(Oc4c(Cl)c(C)cc5[nH]ncc45)nccc23)CC1.C=CC(=O)N1CCN(c2ncnc3c(Oc4c(Cl)ccc5[nH]ncc45)nc(C)cc23)CC1.C=CC(=O)N1CCN(c2ncnc3c(Oc4c(Cl)ccc5[nH]ncc45)nc(C)cc23)CC1. The molecule has 20 rings (SSSR count). The van der Waals surface area contributed by atoms with Gasteiger partial charge in [-0.15, -0.1) is 0 Å². The first kappa shape index (κ1) is 84.1. The minimum atomic E-state index is -0.0577. The standard InChI is InChI=1S/C23H22N6O2.3C22H20ClN7O2/c1-3-20(30)28-9-11-29(12-10-28)23-16-5-4-6-19(21(16)24-14-25-23)31-22-15(2)7-8-18-17(22)13-26-27-18;2*1-3-18(31)29-6-8-30(9-7-29)21-14-10-13(2)27-22(19(14)24-12-25-21)32-20-15-11-26-28-17(15)5-4-16(20)23;1-3-17(31)29-6-8-30(9-7-29)21-14-4-5-24-22(19(14)25-12-26-21)32-20-15-11-27-28-16(15)10-13(2)18(20)23/h3-8,13-14H,1,9-12H2,2H3,(H,26,27);2*3-5,10-12H,1,6-9H2,2H3,(H,26,28);3-5,10-12H,1,6-9H2,2H3,(H,27,28). The Morgan fingerprint density at radius 2 is 0.701 bits per heavy atom. The maximum Gasteiger partial charge on any atom is 0.246 e. The molecule has 0 spiro atoms. The number of carbonyl (C=O) groups is 4. The van der Waals surface area contributed by atoms with E-state index in [4.69, 9.17) is 53.8 Å². The Labute approximate surface area is 739 Å². The predicted molar refractivity (Wildman–Crippen MR) is 486 cm³/mol. The van der Waals surface area contributed by atoms with Gasteiger partial charge < -0.3 is 58.1 Å². The molecule has 4 N–H and O–H groups in total. The number of aromatic nitrogens is 19. The first-order valence-electron chi connectivity index (χ1n) is 40.5. The number of H-pyrrole nitrogens is 4. The molecular weight excluding hydrogens is 1680 g/mol. The molecule has 15 heterocycles. The number of hydrogen-bond acceptors (Lipinski definition) is 27. The van der Waals surface area contributed by atoms with Crippen LogP contribution in [0.4, 0.5) is 23.3 Å². The zero-order valence-electron chi connectivity index (χ0n) is 69.3. The van der Waals surface area contributed by atoms with E-state index in [1.807, 2.05) is 94.4 Å². The topological polar surface area (TPSA) is 388 Å². The van der Waals surface area contributed by atoms with Gasteiger partial charge in [0.2, 0.25) is 41.3 Å². The molecule has 4 fully saturated rings. The number of aryl methyl sites for hydroxylation is 4. The van der Waals surface area contributed by atoms with E-state index in [1.54, 1.807) is 69.0 Å². The van der Waals surface area contributed by atoms with Gasteiger partial charge in [-0.05, 0) is 130 Å². The average molecular weight is 1760 g/mol. The highest BCUT2D eigenvalue weighted by atomic mass is 35.5. The molecule has 11 aromatic heterocycles. The molecule has 4 aliphatic heterocycles. The molecule has 16 aromatic rings. The van der Waals surface area contributed by atoms with Gasteiger partial charge in [0.15, 0.2) is 23.0 Å². The number of hydrogen-bond donors (Lipinski definition) is 4. The van der Waals surface area contributed by atoms with Crippen LogP contribution in [0.5, 0.6) is 46.4 Å². The summed E-state index contributed by atoms with van der Waals surface area (Å²) in [5, 5.41) is 36.1. The third-order valence-electron chi connectivity index (χ3n) is 22.2. The minimum absolute atomic E-state index is 0.0355. The fourth-order valence-corrected chi connectivity index (χ4v) is 16.3. The third kappa shape index (κ3) is 17.3. The van der Waals surface area contributed by atoms with Crippen molar-refractivity contribution in [3.63, 3.8) is 0 Å². The molecule has 127 heavy (non-hydrogen) atoms. The number of para-hydroxylation sites is 1. The van der Waals surface area contributed by atoms with Crippen LogP contribution in [0.1, 0.15) is 22.5 Å². The highest BCUT2D eigenvalue weighted by molar-refractivity contribution is 6.34. The van der Waals surface area contributed by atoms with Crippen molar-refractivity contribution < 1.29 is 38.1 Å². The third-order valence-corrected chi connectivity index (χ3v) is 23.3. The van der Waals surface area contributed by atoms with Crippen molar-refractivity contribution in [1.82, 2.24) is 115 Å². The van der Waals surface area contributed by atoms with Crippen LogP contribution in [0.15, 0.2) is 186 Å². The molecule has 4 aliphatic rings. The van der Waals surface area contributed by atoms with Gasteiger partial charge in [-0.25, -0.2) is 54.8 Å². The summed E-state index contributed by atoms with van der Waals surface area (Å²) in [6.07, 6.45) is 19.9. The Balaban J connectivity index is 0.000000119. The van der Waals surface area contributed by atoms with E-state index in [0.29, 0.717) is 177 Å². The quantitative estimate of drug-likeness (QED) is 0.0653. The lowest BCUT2D eigenvalue weighted by atomic mass is 10.1. The van der Waals surface area contributed by atoms with Crippen molar-refractivity contribution in [3.8, 4) is 46.4 Å². The molecule has 642 valence electrons. The second-order valence-electron chi connectivity index (χ2n) is 30.0. The molecule has 38 heteroatoms. The lowest BCUT2D eigenvalue weighted by Crippen LogP contribution is -2.48. The number of fused-ring (bicyclic) bond motifs is 8. The summed E-state index contributed by atoms with van der Waals surface area (Å²) >= 11 is 19.4. The van der Waals surface area contributed by atoms with Crippen molar-refractivity contribution in [2.45, 2.75) is 27.7 Å². The molecule has 0 unspecified atom stereocenters. The number of aromatic amines is 4. The number of nitrogens with zero attached hydrogens (tertiary/aromatic N) is 23. The highest BCUT2D eigenvalue weighted by Gasteiger charge is 2.30. The molecule has 35 nitrogen and oxygen atoms in total. The molecule has 4 saturated heterocycles. The van der Waals surface area contributed by atoms with Crippen LogP contribution < -0.4 is 38.5 Å². The lowest BCUT2D eigenvalue weighted by Gasteiger charge is -2.35. The second-order valence-corrected chi connectivity index (χ2v) is 31.2. The number of amides is 4. The van der Waals surface area contributed by atoms with Crippen LogP contribution >= 0.6 is 34.8 Å². The van der Waals surface area contributed by atoms with Gasteiger partial charge in [-0.3, -0.25) is 39.6 Å². The molecule has 0 atom stereocenters. The largest absolute Gasteiger partial charge is 0.454 e. The molecule has 4 amide bonds. The van der Waals surface area contributed by atoms with Crippen LogP contribution in [0.25, 0.3) is 87.2 Å². The van der Waals surface area contributed by atoms with Crippen molar-refractivity contribution in [2.75, 3.05) is 124 Å². The van der Waals surface area contributed by atoms with Gasteiger partial charge >= 0.3 is 0 Å². The number of pyridine rings is 3. The van der Waals surface area contributed by atoms with Crippen molar-refractivity contribution in [3.05, 3.63) is 223 Å². The summed E-state index contributed by atoms with van der Waals surface area (Å²) in [6, 6.07) is 24.7. The molecule has 0 aliphatic carbocycles. The minimum Gasteiger partial charge on any atom is -0.454 e. The molecule has 0 saturated carbocycles. The summed E-state index contributed by atoms with van der Waals surface area (Å²) in [6.45, 7) is 32.2. The van der Waals surface area contributed by atoms with Crippen molar-refractivity contribution in [2.24, 2.45) is 0 Å². The highest BCUT2D eigenvalue weighted by Crippen LogP contribution is 2.45. The predicted octanol–water partition coefficient (Wildman–Crippen LogP) is 13.9. The van der Waals surface area contributed by atoms with Crippen LogP contribution in [0.3, 0.4) is 0 Å². The average Bonchev–Trinajstić information content (AvgIpc) is 1.70. The van der Waals surface area contributed by atoms with E-state index in [-0.39, 0.29) is 23.6 Å². The monoisotopic (exact) mass is 1760 g/mol. The van der Waals surface area contributed by atoms with E-state index in [2.05, 4.69) is 142 Å². The van der Waals surface area contributed by atoms with Gasteiger partial charge in [0.1, 0.15) is 76.4 Å². The number of rotatable bonds is 16. The molecular formula is C89H82Cl3N27O8. The van der Waals surface area contributed by atoms with Crippen LogP contribution in [-0.2, 0) is 19.2 Å². The summed E-state index contributed by atoms with van der Waals surface area (Å²) in [5.74, 6) is 6.84. The number of piperazine rings is 4. The van der Waals surface area contributed by atoms with Crippen LogP contribution in [0.2, 0.25) is 15.1 Å². The number of anilines is 4. The zero-order valence-corrected chi connectivity index (χ0v) is 71.6. The Kier molecular flexibility index (Phi) is 24.3. The van der Waals surface area contributed by atoms with E-state index in [9.17, 15) is 19.2 Å². The van der Waals surface area contributed by atoms with E-state index in [0.717, 1.165) is 122 Å². The van der Waals surface area contributed by atoms with Gasteiger partial charge in [0.05, 0.1) is 94.2 Å². The summed E-state index contributed by atoms with van der Waals surface area (Å²) in [5.41, 5.74) is 9.26. The van der Waals surface area contributed by atoms with Gasteiger partial charge in [0.25, 0.3) is 0 Å². The van der Waals surface area contributed by atoms with Crippen molar-refractivity contribution >= 4 is 169 Å². The van der Waals surface area contributed by atoms with Gasteiger partial charge in [-0.1, -0.05) is 73.3 Å². The van der Waals surface area contributed by atoms with Gasteiger partial charge in [-0.2, -0.15) is 20.4 Å². The Bertz CT molecular complexity index is 6770. The maximum atomic E-state index is 11.9. The second kappa shape index (κ2) is 36.8. The maximum absolute atomic E-state index is 11.9. The fourth-order valence-electron chi connectivity index (χ4n) is 15.7. The Morgan fingerprint density at radius 1 is 0.346 bits per heavy atom. The molecule has 0 radical (unpaired) electrons. The fraction of sp³-hybridized carbons (Fsp3) is 0.225. The molecule has 0 bridgehead atoms. The Hall–Kier alpha value is -15.1. The molecule has 5 aromatic carbocycles. The first-order valence-corrected chi connectivity index (χ1v) is 41.7.